The zero-order valence-corrected chi connectivity index (χ0v) is 8.08. The highest BCUT2D eigenvalue weighted by molar-refractivity contribution is 7.99. The van der Waals surface area contributed by atoms with E-state index in [1.54, 1.807) is 16.4 Å². The number of thioether (sulfide) groups is 1. The van der Waals surface area contributed by atoms with Crippen molar-refractivity contribution in [2.45, 2.75) is 12.1 Å². The fourth-order valence-corrected chi connectivity index (χ4v) is 1.52. The lowest BCUT2D eigenvalue weighted by atomic mass is 10.2. The maximum absolute atomic E-state index is 5.48. The van der Waals surface area contributed by atoms with E-state index < -0.39 is 0 Å². The minimum Gasteiger partial charge on any atom is -0.330 e. The first kappa shape index (κ1) is 9.47. The summed E-state index contributed by atoms with van der Waals surface area (Å²) in [5.41, 5.74) is 5.48. The van der Waals surface area contributed by atoms with Gasteiger partial charge in [-0.15, -0.1) is 5.10 Å². The van der Waals surface area contributed by atoms with Crippen LogP contribution in [0.1, 0.15) is 6.92 Å². The lowest BCUT2D eigenvalue weighted by Crippen LogP contribution is -2.13. The van der Waals surface area contributed by atoms with E-state index in [-0.39, 0.29) is 0 Å². The van der Waals surface area contributed by atoms with Crippen LogP contribution in [-0.4, -0.2) is 32.5 Å². The molecule has 1 rings (SSSR count). The van der Waals surface area contributed by atoms with E-state index in [0.717, 1.165) is 10.9 Å². The van der Waals surface area contributed by atoms with Crippen LogP contribution in [0.25, 0.3) is 0 Å². The molecule has 1 aromatic rings. The van der Waals surface area contributed by atoms with Crippen LogP contribution in [0, 0.1) is 5.92 Å². The average molecular weight is 187 g/mol. The second-order valence-corrected chi connectivity index (χ2v) is 3.72. The van der Waals surface area contributed by atoms with Crippen molar-refractivity contribution in [3.8, 4) is 0 Å². The molecule has 0 aliphatic rings. The molecule has 1 atom stereocenters. The SMILES string of the molecule is CC(CN)CSc1nnnn1C. The molecule has 5 nitrogen and oxygen atoms in total. The van der Waals surface area contributed by atoms with Gasteiger partial charge in [-0.1, -0.05) is 18.7 Å². The van der Waals surface area contributed by atoms with Gasteiger partial charge in [0.05, 0.1) is 0 Å². The van der Waals surface area contributed by atoms with Crippen LogP contribution in [0.5, 0.6) is 0 Å². The van der Waals surface area contributed by atoms with Crippen LogP contribution in [0.4, 0.5) is 0 Å². The summed E-state index contributed by atoms with van der Waals surface area (Å²) in [7, 11) is 1.83. The number of aromatic nitrogens is 4. The largest absolute Gasteiger partial charge is 0.330 e. The minimum absolute atomic E-state index is 0.506. The molecule has 2 N–H and O–H groups in total. The van der Waals surface area contributed by atoms with Crippen LogP contribution in [-0.2, 0) is 7.05 Å². The number of hydrogen-bond donors (Lipinski definition) is 1. The normalized spacial score (nSPS) is 13.2. The highest BCUT2D eigenvalue weighted by atomic mass is 32.2. The summed E-state index contributed by atoms with van der Waals surface area (Å²) >= 11 is 1.63. The monoisotopic (exact) mass is 187 g/mol. The Kier molecular flexibility index (Phi) is 3.48. The Morgan fingerprint density at radius 1 is 1.67 bits per heavy atom. The third-order valence-electron chi connectivity index (χ3n) is 1.48. The van der Waals surface area contributed by atoms with Crippen molar-refractivity contribution < 1.29 is 0 Å². The molecule has 1 unspecified atom stereocenters. The molecule has 0 aliphatic heterocycles. The Hall–Kier alpha value is -0.620. The van der Waals surface area contributed by atoms with Crippen LogP contribution < -0.4 is 5.73 Å². The quantitative estimate of drug-likeness (QED) is 0.666. The van der Waals surface area contributed by atoms with Gasteiger partial charge in [-0.05, 0) is 22.9 Å². The first-order valence-corrected chi connectivity index (χ1v) is 4.77. The van der Waals surface area contributed by atoms with Crippen molar-refractivity contribution in [3.05, 3.63) is 0 Å². The Balaban J connectivity index is 2.38. The summed E-state index contributed by atoms with van der Waals surface area (Å²) in [5.74, 6) is 1.47. The fourth-order valence-electron chi connectivity index (χ4n) is 0.628. The van der Waals surface area contributed by atoms with Gasteiger partial charge in [0.2, 0.25) is 5.16 Å². The van der Waals surface area contributed by atoms with Gasteiger partial charge in [0.25, 0.3) is 0 Å². The molecule has 0 bridgehead atoms. The van der Waals surface area contributed by atoms with Gasteiger partial charge in [0.1, 0.15) is 0 Å². The Morgan fingerprint density at radius 2 is 2.42 bits per heavy atom. The van der Waals surface area contributed by atoms with Crippen molar-refractivity contribution >= 4 is 11.8 Å². The molecule has 68 valence electrons. The predicted octanol–water partition coefficient (Wildman–Crippen LogP) is -0.103. The van der Waals surface area contributed by atoms with Crippen LogP contribution in [0.15, 0.2) is 5.16 Å². The summed E-state index contributed by atoms with van der Waals surface area (Å²) in [6, 6.07) is 0. The molecule has 12 heavy (non-hydrogen) atoms. The molecule has 1 aromatic heterocycles. The molecule has 0 amide bonds. The van der Waals surface area contributed by atoms with Crippen molar-refractivity contribution in [2.75, 3.05) is 12.3 Å². The number of hydrogen-bond acceptors (Lipinski definition) is 5. The minimum atomic E-state index is 0.506. The molecule has 0 aromatic carbocycles. The third kappa shape index (κ3) is 2.46. The molecule has 0 aliphatic carbocycles. The standard InChI is InChI=1S/C6H13N5S/c1-5(3-7)4-12-6-8-9-10-11(6)2/h5H,3-4,7H2,1-2H3. The molecule has 0 saturated heterocycles. The molecular weight excluding hydrogens is 174 g/mol. The third-order valence-corrected chi connectivity index (χ3v) is 2.82. The summed E-state index contributed by atoms with van der Waals surface area (Å²) in [6.07, 6.45) is 0. The Bertz CT molecular complexity index is 236. The molecule has 1 heterocycles. The topological polar surface area (TPSA) is 69.6 Å². The number of nitrogens with zero attached hydrogens (tertiary/aromatic N) is 4. The van der Waals surface area contributed by atoms with Gasteiger partial charge in [0.15, 0.2) is 0 Å². The Labute approximate surface area is 75.7 Å². The van der Waals surface area contributed by atoms with E-state index >= 15 is 0 Å². The fraction of sp³-hybridized carbons (Fsp3) is 0.833. The molecule has 6 heteroatoms. The van der Waals surface area contributed by atoms with Crippen molar-refractivity contribution in [2.24, 2.45) is 18.7 Å². The number of tetrazole rings is 1. The van der Waals surface area contributed by atoms with Crippen molar-refractivity contribution in [3.63, 3.8) is 0 Å². The predicted molar refractivity (Wildman–Crippen MR) is 47.7 cm³/mol. The van der Waals surface area contributed by atoms with Gasteiger partial charge in [-0.3, -0.25) is 0 Å². The lowest BCUT2D eigenvalue weighted by Gasteiger charge is -2.05. The molecule has 0 fully saturated rings. The van der Waals surface area contributed by atoms with Crippen LogP contribution in [0.2, 0.25) is 0 Å². The molecule has 0 saturated carbocycles. The van der Waals surface area contributed by atoms with E-state index in [4.69, 9.17) is 5.73 Å². The van der Waals surface area contributed by atoms with E-state index in [9.17, 15) is 0 Å². The summed E-state index contributed by atoms with van der Waals surface area (Å²) in [6.45, 7) is 2.81. The van der Waals surface area contributed by atoms with Gasteiger partial charge in [-0.25, -0.2) is 4.68 Å². The molecule has 0 spiro atoms. The second-order valence-electron chi connectivity index (χ2n) is 2.74. The van der Waals surface area contributed by atoms with E-state index in [1.165, 1.54) is 0 Å². The van der Waals surface area contributed by atoms with Gasteiger partial charge in [-0.2, -0.15) is 0 Å². The van der Waals surface area contributed by atoms with E-state index in [2.05, 4.69) is 22.4 Å². The lowest BCUT2D eigenvalue weighted by molar-refractivity contribution is 0.654. The summed E-state index contributed by atoms with van der Waals surface area (Å²) in [5, 5.41) is 11.9. The van der Waals surface area contributed by atoms with E-state index in [1.807, 2.05) is 7.05 Å². The van der Waals surface area contributed by atoms with E-state index in [0.29, 0.717) is 12.5 Å². The van der Waals surface area contributed by atoms with Gasteiger partial charge in [0, 0.05) is 12.8 Å². The van der Waals surface area contributed by atoms with Gasteiger partial charge < -0.3 is 5.73 Å². The van der Waals surface area contributed by atoms with Crippen molar-refractivity contribution in [1.82, 2.24) is 20.2 Å². The maximum atomic E-state index is 5.48. The van der Waals surface area contributed by atoms with Crippen LogP contribution >= 0.6 is 11.8 Å². The average Bonchev–Trinajstić information content (AvgIpc) is 2.47. The zero-order valence-electron chi connectivity index (χ0n) is 7.27. The molecular formula is C6H13N5S. The number of aryl methyl sites for hydroxylation is 1. The number of nitrogens with two attached hydrogens (primary N) is 1. The Morgan fingerprint density at radius 3 is 2.92 bits per heavy atom. The maximum Gasteiger partial charge on any atom is 0.209 e. The summed E-state index contributed by atoms with van der Waals surface area (Å²) in [4.78, 5) is 0. The summed E-state index contributed by atoms with van der Waals surface area (Å²) < 4.78 is 1.66. The first-order valence-electron chi connectivity index (χ1n) is 3.79. The van der Waals surface area contributed by atoms with Gasteiger partial charge >= 0.3 is 0 Å². The highest BCUT2D eigenvalue weighted by Gasteiger charge is 2.05. The zero-order chi connectivity index (χ0) is 8.97. The number of rotatable bonds is 4. The smallest absolute Gasteiger partial charge is 0.209 e. The highest BCUT2D eigenvalue weighted by Crippen LogP contribution is 2.15. The van der Waals surface area contributed by atoms with Crippen molar-refractivity contribution in [1.29, 1.82) is 0 Å². The molecule has 0 radical (unpaired) electrons. The second kappa shape index (κ2) is 4.42. The van der Waals surface area contributed by atoms with Crippen LogP contribution in [0.3, 0.4) is 0 Å². The first-order chi connectivity index (χ1) is 5.74.